The number of carbonyl (C=O) groups is 1. The molecule has 1 rings (SSSR count). The average Bonchev–Trinajstić information content (AvgIpc) is 2.20. The summed E-state index contributed by atoms with van der Waals surface area (Å²) in [4.78, 5) is 10.5. The van der Waals surface area contributed by atoms with E-state index in [4.69, 9.17) is 10.8 Å². The third kappa shape index (κ3) is 3.20. The first-order chi connectivity index (χ1) is 7.54. The fourth-order valence-corrected chi connectivity index (χ4v) is 1.43. The first kappa shape index (κ1) is 12.4. The summed E-state index contributed by atoms with van der Waals surface area (Å²) in [5.74, 6) is -0.463. The Kier molecular flexibility index (Phi) is 4.25. The van der Waals surface area contributed by atoms with E-state index in [1.54, 1.807) is 12.1 Å². The minimum atomic E-state index is -0.945. The van der Waals surface area contributed by atoms with E-state index in [1.165, 1.54) is 13.0 Å². The van der Waals surface area contributed by atoms with Crippen molar-refractivity contribution < 1.29 is 19.0 Å². The molecule has 1 amide bonds. The largest absolute Gasteiger partial charge is 0.442 e. The van der Waals surface area contributed by atoms with Crippen molar-refractivity contribution in [2.75, 3.05) is 6.61 Å². The summed E-state index contributed by atoms with van der Waals surface area (Å²) in [6.07, 6.45) is -1.26. The lowest BCUT2D eigenvalue weighted by Gasteiger charge is -2.13. The molecule has 3 N–H and O–H groups in total. The second kappa shape index (κ2) is 5.46. The van der Waals surface area contributed by atoms with E-state index in [0.717, 1.165) is 5.56 Å². The average molecular weight is 227 g/mol. The quantitative estimate of drug-likeness (QED) is 0.819. The molecule has 0 radical (unpaired) electrons. The lowest BCUT2D eigenvalue weighted by atomic mass is 10.0. The lowest BCUT2D eigenvalue weighted by molar-refractivity contribution is 0.114. The van der Waals surface area contributed by atoms with Gasteiger partial charge in [0.05, 0.1) is 0 Å². The molecule has 1 aromatic rings. The van der Waals surface area contributed by atoms with Gasteiger partial charge < -0.3 is 15.6 Å². The zero-order valence-electron chi connectivity index (χ0n) is 8.94. The van der Waals surface area contributed by atoms with Crippen LogP contribution in [0.3, 0.4) is 0 Å². The molecule has 0 saturated carbocycles. The van der Waals surface area contributed by atoms with Crippen LogP contribution in [-0.2, 0) is 11.2 Å². The minimum absolute atomic E-state index is 0.0177. The second-order valence-electron chi connectivity index (χ2n) is 3.41. The predicted octanol–water partition coefficient (Wildman–Crippen LogP) is 1.52. The summed E-state index contributed by atoms with van der Waals surface area (Å²) in [6, 6.07) is 4.41. The number of halogens is 1. The van der Waals surface area contributed by atoms with Crippen LogP contribution in [0.2, 0.25) is 0 Å². The number of aliphatic hydroxyl groups excluding tert-OH is 1. The molecule has 0 aliphatic heterocycles. The summed E-state index contributed by atoms with van der Waals surface area (Å²) in [5, 5.41) is 8.76. The van der Waals surface area contributed by atoms with Gasteiger partial charge in [-0.1, -0.05) is 6.07 Å². The van der Waals surface area contributed by atoms with Gasteiger partial charge in [0.2, 0.25) is 0 Å². The molecular formula is C11H14FNO3. The van der Waals surface area contributed by atoms with E-state index in [1.807, 2.05) is 0 Å². The Balaban J connectivity index is 2.92. The monoisotopic (exact) mass is 227 g/mol. The molecule has 1 aromatic carbocycles. The van der Waals surface area contributed by atoms with Crippen molar-refractivity contribution in [1.29, 1.82) is 0 Å². The van der Waals surface area contributed by atoms with Gasteiger partial charge in [-0.3, -0.25) is 0 Å². The van der Waals surface area contributed by atoms with Crippen molar-refractivity contribution >= 4 is 6.09 Å². The molecule has 1 atom stereocenters. The third-order valence-corrected chi connectivity index (χ3v) is 2.19. The molecule has 0 heterocycles. The van der Waals surface area contributed by atoms with Gasteiger partial charge in [0.25, 0.3) is 0 Å². The van der Waals surface area contributed by atoms with E-state index in [9.17, 15) is 9.18 Å². The number of rotatable bonds is 4. The molecule has 88 valence electrons. The van der Waals surface area contributed by atoms with Crippen LogP contribution >= 0.6 is 0 Å². The highest BCUT2D eigenvalue weighted by molar-refractivity contribution is 5.65. The highest BCUT2D eigenvalue weighted by atomic mass is 19.1. The maximum atomic E-state index is 13.4. The molecule has 4 nitrogen and oxygen atoms in total. The van der Waals surface area contributed by atoms with Crippen LogP contribution in [0, 0.1) is 5.82 Å². The second-order valence-corrected chi connectivity index (χ2v) is 3.41. The van der Waals surface area contributed by atoms with Gasteiger partial charge in [-0.15, -0.1) is 0 Å². The molecule has 0 aliphatic rings. The van der Waals surface area contributed by atoms with Crippen LogP contribution in [0.5, 0.6) is 0 Å². The highest BCUT2D eigenvalue weighted by Gasteiger charge is 2.14. The summed E-state index contributed by atoms with van der Waals surface area (Å²) in [7, 11) is 0. The first-order valence-corrected chi connectivity index (χ1v) is 4.90. The number of amides is 1. The Morgan fingerprint density at radius 3 is 2.88 bits per heavy atom. The van der Waals surface area contributed by atoms with E-state index in [0.29, 0.717) is 6.42 Å². The smallest absolute Gasteiger partial charge is 0.405 e. The molecule has 5 heteroatoms. The number of hydrogen-bond donors (Lipinski definition) is 2. The van der Waals surface area contributed by atoms with Crippen LogP contribution in [0.15, 0.2) is 18.2 Å². The van der Waals surface area contributed by atoms with Gasteiger partial charge in [0.15, 0.2) is 0 Å². The predicted molar refractivity (Wildman–Crippen MR) is 56.3 cm³/mol. The van der Waals surface area contributed by atoms with Gasteiger partial charge in [0.1, 0.15) is 11.9 Å². The minimum Gasteiger partial charge on any atom is -0.442 e. The fourth-order valence-electron chi connectivity index (χ4n) is 1.43. The summed E-state index contributed by atoms with van der Waals surface area (Å²) in [5.41, 5.74) is 5.88. The van der Waals surface area contributed by atoms with Gasteiger partial charge in [-0.25, -0.2) is 9.18 Å². The topological polar surface area (TPSA) is 72.5 Å². The van der Waals surface area contributed by atoms with Gasteiger partial charge in [-0.2, -0.15) is 0 Å². The van der Waals surface area contributed by atoms with Crippen LogP contribution in [-0.4, -0.2) is 17.8 Å². The number of hydrogen-bond acceptors (Lipinski definition) is 3. The molecule has 0 aliphatic carbocycles. The standard InChI is InChI=1S/C11H14FNO3/c1-7(16-11(13)15)9-6-8(4-5-14)2-3-10(9)12/h2-3,6-7,14H,4-5H2,1H3,(H2,13,15). The highest BCUT2D eigenvalue weighted by Crippen LogP contribution is 2.21. The Bertz CT molecular complexity index is 381. The zero-order valence-corrected chi connectivity index (χ0v) is 8.94. The molecule has 16 heavy (non-hydrogen) atoms. The van der Waals surface area contributed by atoms with Crippen molar-refractivity contribution in [1.82, 2.24) is 0 Å². The van der Waals surface area contributed by atoms with Crippen molar-refractivity contribution in [3.05, 3.63) is 35.1 Å². The third-order valence-electron chi connectivity index (χ3n) is 2.19. The Labute approximate surface area is 92.8 Å². The molecule has 0 spiro atoms. The fraction of sp³-hybridized carbons (Fsp3) is 0.364. The van der Waals surface area contributed by atoms with Crippen molar-refractivity contribution in [3.8, 4) is 0 Å². The normalized spacial score (nSPS) is 12.2. The Morgan fingerprint density at radius 1 is 1.62 bits per heavy atom. The number of aliphatic hydroxyl groups is 1. The van der Waals surface area contributed by atoms with Crippen molar-refractivity contribution in [2.24, 2.45) is 5.73 Å². The molecule has 1 unspecified atom stereocenters. The van der Waals surface area contributed by atoms with Crippen molar-refractivity contribution in [3.63, 3.8) is 0 Å². The van der Waals surface area contributed by atoms with Crippen LogP contribution in [0.1, 0.15) is 24.2 Å². The molecule has 0 fully saturated rings. The summed E-state index contributed by atoms with van der Waals surface area (Å²) >= 11 is 0. The van der Waals surface area contributed by atoms with Gasteiger partial charge in [-0.05, 0) is 31.0 Å². The first-order valence-electron chi connectivity index (χ1n) is 4.90. The van der Waals surface area contributed by atoms with Gasteiger partial charge in [0, 0.05) is 12.2 Å². The Morgan fingerprint density at radius 2 is 2.31 bits per heavy atom. The zero-order chi connectivity index (χ0) is 12.1. The number of benzene rings is 1. The Hall–Kier alpha value is -1.62. The maximum Gasteiger partial charge on any atom is 0.405 e. The number of primary amides is 1. The molecular weight excluding hydrogens is 213 g/mol. The molecule has 0 saturated heterocycles. The van der Waals surface area contributed by atoms with Crippen LogP contribution in [0.25, 0.3) is 0 Å². The van der Waals surface area contributed by atoms with Gasteiger partial charge >= 0.3 is 6.09 Å². The molecule has 0 bridgehead atoms. The van der Waals surface area contributed by atoms with Crippen LogP contribution < -0.4 is 5.73 Å². The van der Waals surface area contributed by atoms with E-state index < -0.39 is 18.0 Å². The van der Waals surface area contributed by atoms with E-state index in [-0.39, 0.29) is 12.2 Å². The maximum absolute atomic E-state index is 13.4. The van der Waals surface area contributed by atoms with Crippen molar-refractivity contribution in [2.45, 2.75) is 19.4 Å². The van der Waals surface area contributed by atoms with Crippen LogP contribution in [0.4, 0.5) is 9.18 Å². The van der Waals surface area contributed by atoms with E-state index in [2.05, 4.69) is 4.74 Å². The summed E-state index contributed by atoms with van der Waals surface area (Å²) < 4.78 is 18.1. The van der Waals surface area contributed by atoms with E-state index >= 15 is 0 Å². The number of carbonyl (C=O) groups excluding carboxylic acids is 1. The number of nitrogens with two attached hydrogens (primary N) is 1. The SMILES string of the molecule is CC(OC(N)=O)c1cc(CCO)ccc1F. The lowest BCUT2D eigenvalue weighted by Crippen LogP contribution is -2.16. The molecule has 0 aromatic heterocycles. The number of ether oxygens (including phenoxy) is 1. The summed E-state index contributed by atoms with van der Waals surface area (Å²) in [6.45, 7) is 1.52.